The molecule has 34 heteroatoms. The van der Waals surface area contributed by atoms with Crippen molar-refractivity contribution in [3.8, 4) is 11.5 Å². The summed E-state index contributed by atoms with van der Waals surface area (Å²) in [6, 6.07) is 11.3. The number of ketones is 2. The lowest BCUT2D eigenvalue weighted by Crippen LogP contribution is -2.53. The van der Waals surface area contributed by atoms with E-state index in [0.29, 0.717) is 124 Å². The number of Topliss-reactive ketones (excluding diaryl/α,β-unsaturated/α-hetero) is 2. The summed E-state index contributed by atoms with van der Waals surface area (Å²) in [7, 11) is 12.0. The van der Waals surface area contributed by atoms with Crippen LogP contribution in [0.4, 0.5) is 21.9 Å². The van der Waals surface area contributed by atoms with Gasteiger partial charge in [0.15, 0.2) is 0 Å². The molecule has 5 unspecified atom stereocenters. The van der Waals surface area contributed by atoms with E-state index in [4.69, 9.17) is 75.3 Å². The van der Waals surface area contributed by atoms with Gasteiger partial charge in [-0.3, -0.25) is 43.2 Å². The second kappa shape index (κ2) is 50.7. The molecule has 4 fully saturated rings. The molecule has 762 valence electrons. The Bertz CT molecular complexity index is 4930. The molecule has 5 N–H and O–H groups in total. The van der Waals surface area contributed by atoms with Crippen LogP contribution in [0.5, 0.6) is 11.5 Å². The number of amides is 6. The van der Waals surface area contributed by atoms with E-state index < -0.39 is 149 Å². The van der Waals surface area contributed by atoms with Crippen molar-refractivity contribution in [2.24, 2.45) is 29.6 Å². The summed E-state index contributed by atoms with van der Waals surface area (Å²) >= 11 is 13.8. The van der Waals surface area contributed by atoms with Gasteiger partial charge in [-0.2, -0.15) is 0 Å². The Kier molecular flexibility index (Phi) is 41.1. The van der Waals surface area contributed by atoms with Crippen LogP contribution >= 0.6 is 23.2 Å². The van der Waals surface area contributed by atoms with Gasteiger partial charge >= 0.3 is 30.0 Å². The summed E-state index contributed by atoms with van der Waals surface area (Å²) in [6.07, 6.45) is 8.13. The fraction of sp³-hybridized carbons (Fsp3) is 0.635. The highest BCUT2D eigenvalue weighted by Crippen LogP contribution is 2.53. The number of likely N-dealkylation sites (N-methyl/N-ethyl adjacent to an activating group) is 2. The van der Waals surface area contributed by atoms with E-state index in [-0.39, 0.29) is 128 Å². The maximum Gasteiger partial charge on any atom is 0.407 e. The minimum absolute atomic E-state index is 0.00351. The largest absolute Gasteiger partial charge is 0.495 e. The Hall–Kier alpha value is -9.64. The Morgan fingerprint density at radius 3 is 1.47 bits per heavy atom. The predicted molar refractivity (Wildman–Crippen MR) is 522 cm³/mol. The molecule has 6 aliphatic heterocycles. The quantitative estimate of drug-likeness (QED) is 0.0153. The summed E-state index contributed by atoms with van der Waals surface area (Å²) < 4.78 is 65.7. The van der Waals surface area contributed by atoms with E-state index in [1.165, 1.54) is 69.1 Å². The Balaban J connectivity index is 0.757. The zero-order valence-corrected chi connectivity index (χ0v) is 85.5. The normalized spacial score (nSPS) is 27.5. The number of benzene rings is 3. The number of hydrogen-bond acceptors (Lipinski definition) is 26. The van der Waals surface area contributed by atoms with Crippen molar-refractivity contribution in [2.45, 2.75) is 327 Å². The van der Waals surface area contributed by atoms with Crippen molar-refractivity contribution in [3.63, 3.8) is 0 Å². The zero-order valence-electron chi connectivity index (χ0n) is 84.0. The lowest BCUT2D eigenvalue weighted by molar-refractivity contribution is -0.188. The van der Waals surface area contributed by atoms with Gasteiger partial charge in [-0.05, 0) is 171 Å². The molecule has 6 amide bonds. The lowest BCUT2D eigenvalue weighted by Gasteiger charge is -2.41. The first-order valence-corrected chi connectivity index (χ1v) is 49.2. The molecule has 3 aromatic rings. The summed E-state index contributed by atoms with van der Waals surface area (Å²) in [5, 5.41) is 33.9. The molecule has 4 saturated heterocycles. The van der Waals surface area contributed by atoms with Crippen molar-refractivity contribution in [3.05, 3.63) is 123 Å². The van der Waals surface area contributed by atoms with E-state index in [9.17, 15) is 67.7 Å². The second-order valence-electron chi connectivity index (χ2n) is 39.3. The molecule has 32 nitrogen and oxygen atoms in total. The first-order chi connectivity index (χ1) is 65.2. The number of nitrogens with one attached hydrogen (secondary N) is 3. The number of nitrogens with zero attached hydrogens (tertiary/aromatic N) is 4. The number of unbranched alkanes of at least 4 members (excludes halogenated alkanes) is 5. The van der Waals surface area contributed by atoms with Gasteiger partial charge in [0.05, 0.1) is 63.5 Å². The smallest absolute Gasteiger partial charge is 0.407 e. The van der Waals surface area contributed by atoms with E-state index in [2.05, 4.69) is 16.0 Å². The van der Waals surface area contributed by atoms with Gasteiger partial charge < -0.3 is 97.9 Å². The number of aliphatic hydroxyl groups is 2. The van der Waals surface area contributed by atoms with Crippen molar-refractivity contribution < 1.29 is 120 Å². The molecule has 0 spiro atoms. The van der Waals surface area contributed by atoms with Crippen molar-refractivity contribution >= 4 is 111 Å². The average Bonchev–Trinajstić information content (AvgIpc) is 1.57. The molecule has 19 atom stereocenters. The monoisotopic (exact) mass is 1960 g/mol. The molecule has 6 heterocycles. The van der Waals surface area contributed by atoms with E-state index in [1.807, 2.05) is 46.8 Å². The number of carbonyl (C=O) groups excluding carboxylic acids is 12. The third-order valence-electron chi connectivity index (χ3n) is 28.5. The number of ether oxygens (including phenoxy) is 11. The maximum atomic E-state index is 14.6. The lowest BCUT2D eigenvalue weighted by atomic mass is 9.78. The standard InChI is InChI=1S/C104H147Cl2N7O25/c1-61(2)65(6)78(115)49-64(5)97(122)108-74-41-39-70(40-42-74)60-132-100(125)109-73(33-30-46-107-45-27-23-26-38-88(117)111(14)69(10)99(124)136-86-55-90(119)113(16)77-51-72(53-80(129-18)94(77)106)48-63(4)32-29-36-84(131-20)104(127)57-82(134-92(121)59-104)67(8)96-102(86,12)138-96)43-44-75(114)34-24-21-22-25-37-87(116)110(13)68(9)98(123)135-85-54-89(118)112(15)76-50-71(52-79(128-17)93(76)105)47-62(3)31-28-35-83(130-19)103(126)56-81(133-91(120)58-103)66(7)95-101(85,11)137-95/h28-29,31-32,35-36,39-42,50-53,61,64-69,73,81-86,95-96,107,126-127H,21-27,30,33-34,37-38,43-49,54-60H2,1-20H3,(H,108,122)(H,109,125)/b35-28+,36-29+,62-31+,63-32+/t64-,65+,66-,67-,68+,69+,73?,81?,82?,83-,84-,85+,86+,95?,96?,101+,102+,103-,104-/m1/s1. The minimum Gasteiger partial charge on any atom is -0.495 e. The number of methoxy groups -OCH3 is 4. The number of rotatable bonds is 39. The van der Waals surface area contributed by atoms with Crippen molar-refractivity contribution in [2.75, 3.05) is 84.8 Å². The van der Waals surface area contributed by atoms with Crippen LogP contribution in [0.25, 0.3) is 0 Å². The third-order valence-corrected chi connectivity index (χ3v) is 29.2. The molecule has 0 saturated carbocycles. The van der Waals surface area contributed by atoms with Crippen LogP contribution < -0.4 is 35.2 Å². The molecule has 0 radical (unpaired) electrons. The van der Waals surface area contributed by atoms with E-state index in [0.717, 1.165) is 22.3 Å². The van der Waals surface area contributed by atoms with Crippen LogP contribution in [0, 0.1) is 29.6 Å². The molecule has 138 heavy (non-hydrogen) atoms. The van der Waals surface area contributed by atoms with Crippen LogP contribution in [0.3, 0.4) is 0 Å². The van der Waals surface area contributed by atoms with Gasteiger partial charge in [-0.25, -0.2) is 14.4 Å². The van der Waals surface area contributed by atoms with Crippen molar-refractivity contribution in [1.29, 1.82) is 0 Å². The van der Waals surface area contributed by atoms with E-state index >= 15 is 0 Å². The number of hydrogen-bond donors (Lipinski definition) is 5. The first-order valence-electron chi connectivity index (χ1n) is 48.4. The van der Waals surface area contributed by atoms with Gasteiger partial charge in [0, 0.05) is 123 Å². The van der Waals surface area contributed by atoms with Crippen molar-refractivity contribution in [1.82, 2.24) is 20.4 Å². The van der Waals surface area contributed by atoms with Gasteiger partial charge in [0.1, 0.15) is 111 Å². The number of allylic oxidation sites excluding steroid dienone is 6. The fourth-order valence-corrected chi connectivity index (χ4v) is 19.2. The Morgan fingerprint density at radius 1 is 0.587 bits per heavy atom. The molecule has 0 aliphatic carbocycles. The van der Waals surface area contributed by atoms with Crippen LogP contribution in [0.15, 0.2) is 96.1 Å². The number of alkyl carbamates (subject to hydrolysis) is 1. The van der Waals surface area contributed by atoms with Crippen LogP contribution in [0.2, 0.25) is 10.0 Å². The Labute approximate surface area is 822 Å². The highest BCUT2D eigenvalue weighted by atomic mass is 35.5. The maximum absolute atomic E-state index is 14.6. The summed E-state index contributed by atoms with van der Waals surface area (Å²) in [5.41, 5.74) is -0.731. The third kappa shape index (κ3) is 30.0. The molecule has 3 aromatic carbocycles. The molecule has 9 rings (SSSR count). The fourth-order valence-electron chi connectivity index (χ4n) is 18.6. The number of carbonyl (C=O) groups is 12. The molecule has 6 aliphatic rings. The zero-order chi connectivity index (χ0) is 102. The summed E-state index contributed by atoms with van der Waals surface area (Å²) in [5.74, 6) is -5.82. The first kappa shape index (κ1) is 112. The van der Waals surface area contributed by atoms with Gasteiger partial charge in [0.2, 0.25) is 29.5 Å². The second-order valence-corrected chi connectivity index (χ2v) is 40.1. The minimum atomic E-state index is -1.66. The highest BCUT2D eigenvalue weighted by molar-refractivity contribution is 6.36. The molecule has 8 bridgehead atoms. The number of epoxide rings is 2. The Morgan fingerprint density at radius 2 is 1.03 bits per heavy atom. The van der Waals surface area contributed by atoms with Gasteiger partial charge in [-0.1, -0.05) is 144 Å². The van der Waals surface area contributed by atoms with Crippen LogP contribution in [0.1, 0.15) is 235 Å². The predicted octanol–water partition coefficient (Wildman–Crippen LogP) is 14.3. The number of halogens is 2. The number of fused-ring (bicyclic) bond motifs is 10. The topological polar surface area (TPSA) is 402 Å². The molecular formula is C104H147Cl2N7O25. The van der Waals surface area contributed by atoms with E-state index in [1.54, 1.807) is 128 Å². The van der Waals surface area contributed by atoms with Crippen LogP contribution in [-0.2, 0) is 115 Å². The van der Waals surface area contributed by atoms with Gasteiger partial charge in [-0.15, -0.1) is 0 Å². The SMILES string of the molecule is COc1cc2cc(c1Cl)N(C)C(=O)C[C@H](OC(=O)[C@H](C)N(C)C(=O)CCCCCCC(=O)CCC(CCCNCCCCCC(=O)N(C)[C@@H](C)C(=O)O[C@H]1CC(=O)N(C)c3cc(cc(OC)c3Cl)C/C(C)=C/C=C/[C@@H](OC)[C@]3(O)CC(=O)OC(C3)[C@@H](C)C3O[C@]31C)NC(=O)OCc1ccc(NC(=O)[C@H](C)CC(=O)[C@@H](C)C(C)C)cc1)[C@]1(C)OC1[C@H](C)C1C[C@@](O)(CC(=O)O1)[C@H](OC)/C=C/C=C(\C)C2. The number of anilines is 3. The number of esters is 4. The highest BCUT2D eigenvalue weighted by Gasteiger charge is 2.66. The van der Waals surface area contributed by atoms with Gasteiger partial charge in [0.25, 0.3) is 0 Å². The average molecular weight is 1970 g/mol. The molecular weight excluding hydrogens is 1820 g/mol. The summed E-state index contributed by atoms with van der Waals surface area (Å²) in [6.45, 7) is 22.5. The van der Waals surface area contributed by atoms with Crippen LogP contribution in [-0.4, -0.2) is 250 Å². The summed E-state index contributed by atoms with van der Waals surface area (Å²) in [4.78, 5) is 171. The molecule has 0 aromatic heterocycles.